The lowest BCUT2D eigenvalue weighted by atomic mass is 10.1. The van der Waals surface area contributed by atoms with E-state index in [1.807, 2.05) is 18.2 Å². The summed E-state index contributed by atoms with van der Waals surface area (Å²) in [5, 5.41) is 11.7. The molecule has 1 aromatic heterocycles. The first-order valence-electron chi connectivity index (χ1n) is 7.89. The van der Waals surface area contributed by atoms with E-state index >= 15 is 0 Å². The lowest BCUT2D eigenvalue weighted by Gasteiger charge is -2.35. The molecule has 3 rings (SSSR count). The molecule has 1 atom stereocenters. The first kappa shape index (κ1) is 15.1. The number of fused-ring (bicyclic) bond motifs is 1. The molecule has 5 nitrogen and oxygen atoms in total. The van der Waals surface area contributed by atoms with E-state index < -0.39 is 6.29 Å². The average Bonchev–Trinajstić information content (AvgIpc) is 2.53. The molecule has 1 aliphatic rings. The fourth-order valence-corrected chi connectivity index (χ4v) is 2.91. The second-order valence-corrected chi connectivity index (χ2v) is 5.64. The molecule has 0 spiro atoms. The highest BCUT2D eigenvalue weighted by Gasteiger charge is 2.20. The van der Waals surface area contributed by atoms with Gasteiger partial charge >= 0.3 is 0 Å². The van der Waals surface area contributed by atoms with E-state index in [4.69, 9.17) is 4.74 Å². The molecule has 0 saturated carbocycles. The van der Waals surface area contributed by atoms with Crippen molar-refractivity contribution >= 4 is 16.6 Å². The number of aromatic nitrogens is 1. The molecular weight excluding hydrogens is 278 g/mol. The van der Waals surface area contributed by atoms with Crippen LogP contribution in [0.4, 0.5) is 5.82 Å². The maximum absolute atomic E-state index is 9.46. The molecule has 1 aliphatic heterocycles. The molecule has 1 fully saturated rings. The molecule has 1 aromatic carbocycles. The summed E-state index contributed by atoms with van der Waals surface area (Å²) >= 11 is 0. The molecule has 22 heavy (non-hydrogen) atoms. The van der Waals surface area contributed by atoms with Crippen molar-refractivity contribution in [3.05, 3.63) is 30.3 Å². The van der Waals surface area contributed by atoms with Crippen LogP contribution >= 0.6 is 0 Å². The number of anilines is 1. The normalized spacial score (nSPS) is 17.7. The summed E-state index contributed by atoms with van der Waals surface area (Å²) in [5.74, 6) is 1.42. The molecule has 0 amide bonds. The SMILES string of the molecule is CCN1CCN(c2nc(OC(C)O)cc3ccccc23)CC1. The molecule has 2 heterocycles. The summed E-state index contributed by atoms with van der Waals surface area (Å²) in [6.07, 6.45) is -0.863. The van der Waals surface area contributed by atoms with Gasteiger partial charge in [-0.25, -0.2) is 0 Å². The Morgan fingerprint density at radius 3 is 2.64 bits per heavy atom. The van der Waals surface area contributed by atoms with Gasteiger partial charge in [0.2, 0.25) is 5.88 Å². The molecule has 2 aromatic rings. The van der Waals surface area contributed by atoms with Crippen molar-refractivity contribution in [1.29, 1.82) is 0 Å². The molecule has 1 N–H and O–H groups in total. The fourth-order valence-electron chi connectivity index (χ4n) is 2.91. The van der Waals surface area contributed by atoms with Crippen LogP contribution in [0, 0.1) is 0 Å². The third-order valence-corrected chi connectivity index (χ3v) is 4.11. The highest BCUT2D eigenvalue weighted by atomic mass is 16.6. The average molecular weight is 301 g/mol. The van der Waals surface area contributed by atoms with Crippen molar-refractivity contribution < 1.29 is 9.84 Å². The minimum absolute atomic E-state index is 0.474. The Kier molecular flexibility index (Phi) is 4.45. The van der Waals surface area contributed by atoms with Gasteiger partial charge in [-0.15, -0.1) is 0 Å². The first-order chi connectivity index (χ1) is 10.7. The van der Waals surface area contributed by atoms with Gasteiger partial charge in [0.05, 0.1) is 0 Å². The minimum atomic E-state index is -0.863. The summed E-state index contributed by atoms with van der Waals surface area (Å²) in [6.45, 7) is 8.90. The van der Waals surface area contributed by atoms with E-state index in [1.54, 1.807) is 6.92 Å². The first-order valence-corrected chi connectivity index (χ1v) is 7.89. The zero-order valence-electron chi connectivity index (χ0n) is 13.2. The summed E-state index contributed by atoms with van der Waals surface area (Å²) in [6, 6.07) is 10.1. The summed E-state index contributed by atoms with van der Waals surface area (Å²) in [4.78, 5) is 9.39. The quantitative estimate of drug-likeness (QED) is 0.876. The van der Waals surface area contributed by atoms with Crippen molar-refractivity contribution in [2.24, 2.45) is 0 Å². The van der Waals surface area contributed by atoms with Gasteiger partial charge in [0.15, 0.2) is 6.29 Å². The lowest BCUT2D eigenvalue weighted by molar-refractivity contribution is -0.00349. The van der Waals surface area contributed by atoms with Crippen LogP contribution in [0.1, 0.15) is 13.8 Å². The van der Waals surface area contributed by atoms with Crippen molar-refractivity contribution in [2.45, 2.75) is 20.1 Å². The Morgan fingerprint density at radius 2 is 1.95 bits per heavy atom. The number of hydrogen-bond acceptors (Lipinski definition) is 5. The minimum Gasteiger partial charge on any atom is -0.448 e. The molecule has 0 radical (unpaired) electrons. The predicted octanol–water partition coefficient (Wildman–Crippen LogP) is 2.09. The van der Waals surface area contributed by atoms with Gasteiger partial charge in [0, 0.05) is 37.6 Å². The number of aliphatic hydroxyl groups is 1. The number of ether oxygens (including phenoxy) is 1. The summed E-state index contributed by atoms with van der Waals surface area (Å²) in [5.41, 5.74) is 0. The molecule has 0 aliphatic carbocycles. The zero-order chi connectivity index (χ0) is 15.5. The van der Waals surface area contributed by atoms with Crippen LogP contribution in [0.25, 0.3) is 10.8 Å². The number of likely N-dealkylation sites (N-methyl/N-ethyl adjacent to an activating group) is 1. The monoisotopic (exact) mass is 301 g/mol. The number of benzene rings is 1. The van der Waals surface area contributed by atoms with Gasteiger partial charge in [0.25, 0.3) is 0 Å². The van der Waals surface area contributed by atoms with E-state index in [0.717, 1.165) is 49.3 Å². The maximum Gasteiger partial charge on any atom is 0.218 e. The van der Waals surface area contributed by atoms with E-state index in [0.29, 0.717) is 5.88 Å². The van der Waals surface area contributed by atoms with Gasteiger partial charge in [-0.3, -0.25) is 0 Å². The molecule has 1 saturated heterocycles. The molecule has 0 bridgehead atoms. The number of piperazine rings is 1. The molecule has 1 unspecified atom stereocenters. The number of pyridine rings is 1. The van der Waals surface area contributed by atoms with Crippen molar-refractivity contribution in [3.8, 4) is 5.88 Å². The van der Waals surface area contributed by atoms with Crippen LogP contribution < -0.4 is 9.64 Å². The van der Waals surface area contributed by atoms with E-state index in [-0.39, 0.29) is 0 Å². The Hall–Kier alpha value is -1.85. The fraction of sp³-hybridized carbons (Fsp3) is 0.471. The lowest BCUT2D eigenvalue weighted by Crippen LogP contribution is -2.46. The largest absolute Gasteiger partial charge is 0.448 e. The van der Waals surface area contributed by atoms with Crippen LogP contribution in [0.2, 0.25) is 0 Å². The standard InChI is InChI=1S/C17H23N3O2/c1-3-19-8-10-20(11-9-19)17-15-7-5-4-6-14(15)12-16(18-17)22-13(2)21/h4-7,12-13,21H,3,8-11H2,1-2H3. The van der Waals surface area contributed by atoms with Gasteiger partial charge in [-0.2, -0.15) is 4.98 Å². The highest BCUT2D eigenvalue weighted by molar-refractivity contribution is 5.93. The topological polar surface area (TPSA) is 48.8 Å². The van der Waals surface area contributed by atoms with Crippen molar-refractivity contribution in [1.82, 2.24) is 9.88 Å². The Labute approximate surface area is 131 Å². The van der Waals surface area contributed by atoms with E-state index in [2.05, 4.69) is 33.8 Å². The smallest absolute Gasteiger partial charge is 0.218 e. The molecular formula is C17H23N3O2. The second kappa shape index (κ2) is 6.50. The molecule has 5 heteroatoms. The van der Waals surface area contributed by atoms with Gasteiger partial charge in [0.1, 0.15) is 5.82 Å². The number of hydrogen-bond donors (Lipinski definition) is 1. The van der Waals surface area contributed by atoms with Crippen molar-refractivity contribution in [2.75, 3.05) is 37.6 Å². The van der Waals surface area contributed by atoms with Gasteiger partial charge in [-0.1, -0.05) is 31.2 Å². The number of rotatable bonds is 4. The van der Waals surface area contributed by atoms with Gasteiger partial charge in [-0.05, 0) is 18.9 Å². The number of aliphatic hydroxyl groups excluding tert-OH is 1. The third kappa shape index (κ3) is 3.15. The zero-order valence-corrected chi connectivity index (χ0v) is 13.2. The Bertz CT molecular complexity index is 637. The Morgan fingerprint density at radius 1 is 1.23 bits per heavy atom. The van der Waals surface area contributed by atoms with Crippen LogP contribution in [-0.2, 0) is 0 Å². The van der Waals surface area contributed by atoms with Gasteiger partial charge < -0.3 is 19.6 Å². The van der Waals surface area contributed by atoms with E-state index in [1.165, 1.54) is 0 Å². The third-order valence-electron chi connectivity index (χ3n) is 4.11. The summed E-state index contributed by atoms with van der Waals surface area (Å²) < 4.78 is 5.40. The molecule has 118 valence electrons. The number of nitrogens with zero attached hydrogens (tertiary/aromatic N) is 3. The van der Waals surface area contributed by atoms with Crippen LogP contribution in [0.3, 0.4) is 0 Å². The van der Waals surface area contributed by atoms with Crippen molar-refractivity contribution in [3.63, 3.8) is 0 Å². The second-order valence-electron chi connectivity index (χ2n) is 5.64. The predicted molar refractivity (Wildman–Crippen MR) is 88.4 cm³/mol. The highest BCUT2D eigenvalue weighted by Crippen LogP contribution is 2.29. The van der Waals surface area contributed by atoms with Crippen LogP contribution in [0.15, 0.2) is 30.3 Å². The van der Waals surface area contributed by atoms with Crippen LogP contribution in [-0.4, -0.2) is 54.0 Å². The Balaban J connectivity index is 1.96. The van der Waals surface area contributed by atoms with Crippen LogP contribution in [0.5, 0.6) is 5.88 Å². The van der Waals surface area contributed by atoms with E-state index in [9.17, 15) is 5.11 Å². The maximum atomic E-state index is 9.46. The summed E-state index contributed by atoms with van der Waals surface area (Å²) in [7, 11) is 0.